The summed E-state index contributed by atoms with van der Waals surface area (Å²) in [5.41, 5.74) is 3.65. The van der Waals surface area contributed by atoms with Gasteiger partial charge in [0, 0.05) is 57.1 Å². The van der Waals surface area contributed by atoms with Crippen molar-refractivity contribution >= 4 is 27.1 Å². The van der Waals surface area contributed by atoms with E-state index in [0.29, 0.717) is 31.9 Å². The fourth-order valence-electron chi connectivity index (χ4n) is 5.03. The van der Waals surface area contributed by atoms with Crippen LogP contribution in [0.1, 0.15) is 40.6 Å². The molecule has 5 rings (SSSR count). The third-order valence-electron chi connectivity index (χ3n) is 6.96. The van der Waals surface area contributed by atoms with Crippen LogP contribution in [0.5, 0.6) is 0 Å². The number of hydrogen-bond donors (Lipinski definition) is 0. The molecule has 2 saturated heterocycles. The van der Waals surface area contributed by atoms with Crippen molar-refractivity contribution in [2.24, 2.45) is 0 Å². The van der Waals surface area contributed by atoms with Gasteiger partial charge < -0.3 is 14.2 Å². The number of aromatic nitrogens is 2. The number of sulfonamides is 1. The molecular formula is C25H31N5O3S. The van der Waals surface area contributed by atoms with Crippen LogP contribution in [0.15, 0.2) is 48.7 Å². The molecule has 2 aliphatic rings. The zero-order valence-electron chi connectivity index (χ0n) is 19.7. The number of nitrogens with zero attached hydrogens (tertiary/aromatic N) is 5. The molecular weight excluding hydrogens is 450 g/mol. The van der Waals surface area contributed by atoms with Crippen LogP contribution in [0.25, 0.3) is 5.52 Å². The molecule has 0 N–H and O–H groups in total. The van der Waals surface area contributed by atoms with Crippen LogP contribution in [0, 0.1) is 6.92 Å². The Morgan fingerprint density at radius 3 is 2.44 bits per heavy atom. The van der Waals surface area contributed by atoms with Crippen molar-refractivity contribution in [2.75, 3.05) is 50.4 Å². The van der Waals surface area contributed by atoms with Crippen LogP contribution in [0.4, 0.5) is 5.69 Å². The maximum atomic E-state index is 13.5. The summed E-state index contributed by atoms with van der Waals surface area (Å²) >= 11 is 0. The predicted octanol–water partition coefficient (Wildman–Crippen LogP) is 2.74. The lowest BCUT2D eigenvalue weighted by Gasteiger charge is -2.36. The van der Waals surface area contributed by atoms with E-state index >= 15 is 0 Å². The van der Waals surface area contributed by atoms with Gasteiger partial charge in [-0.2, -0.15) is 0 Å². The van der Waals surface area contributed by atoms with Gasteiger partial charge in [0.15, 0.2) is 5.69 Å². The molecule has 1 amide bonds. The molecule has 8 nitrogen and oxygen atoms in total. The Morgan fingerprint density at radius 1 is 1.00 bits per heavy atom. The normalized spacial score (nSPS) is 20.1. The first-order valence-electron chi connectivity index (χ1n) is 11.8. The van der Waals surface area contributed by atoms with Gasteiger partial charge in [-0.1, -0.05) is 23.8 Å². The van der Waals surface area contributed by atoms with Crippen LogP contribution in [0.3, 0.4) is 0 Å². The Hall–Kier alpha value is -2.91. The number of anilines is 1. The van der Waals surface area contributed by atoms with Gasteiger partial charge in [-0.05, 0) is 44.0 Å². The quantitative estimate of drug-likeness (QED) is 0.573. The van der Waals surface area contributed by atoms with Gasteiger partial charge in [0.25, 0.3) is 5.91 Å². The summed E-state index contributed by atoms with van der Waals surface area (Å²) in [4.78, 5) is 22.6. The van der Waals surface area contributed by atoms with Crippen LogP contribution in [0.2, 0.25) is 0 Å². The number of carbonyl (C=O) groups is 1. The summed E-state index contributed by atoms with van der Waals surface area (Å²) in [5.74, 6) is 0.665. The SMILES string of the molecule is Cc1ccc(N2CCN(C(=O)c3nc(C4CCCN(S(C)(=O)=O)C4)n4ccccc34)CC2)cc1. The minimum absolute atomic E-state index is 0.0432. The number of aryl methyl sites for hydroxylation is 1. The molecule has 0 radical (unpaired) electrons. The van der Waals surface area contributed by atoms with Crippen LogP contribution >= 0.6 is 0 Å². The lowest BCUT2D eigenvalue weighted by molar-refractivity contribution is 0.0743. The molecule has 9 heteroatoms. The Kier molecular flexibility index (Phi) is 6.07. The lowest BCUT2D eigenvalue weighted by Crippen LogP contribution is -2.49. The van der Waals surface area contributed by atoms with E-state index in [2.05, 4.69) is 36.1 Å². The number of piperazine rings is 1. The van der Waals surface area contributed by atoms with Gasteiger partial charge >= 0.3 is 0 Å². The van der Waals surface area contributed by atoms with Crippen molar-refractivity contribution in [3.05, 3.63) is 65.7 Å². The average Bonchev–Trinajstić information content (AvgIpc) is 3.24. The Morgan fingerprint density at radius 2 is 1.74 bits per heavy atom. The van der Waals surface area contributed by atoms with E-state index < -0.39 is 10.0 Å². The summed E-state index contributed by atoms with van der Waals surface area (Å²) in [7, 11) is -3.26. The molecule has 0 spiro atoms. The van der Waals surface area contributed by atoms with Crippen molar-refractivity contribution in [3.8, 4) is 0 Å². The Labute approximate surface area is 200 Å². The summed E-state index contributed by atoms with van der Waals surface area (Å²) in [6, 6.07) is 14.2. The maximum absolute atomic E-state index is 13.5. The third-order valence-corrected chi connectivity index (χ3v) is 8.23. The molecule has 0 saturated carbocycles. The maximum Gasteiger partial charge on any atom is 0.274 e. The molecule has 4 heterocycles. The monoisotopic (exact) mass is 481 g/mol. The van der Waals surface area contributed by atoms with Crippen molar-refractivity contribution in [3.63, 3.8) is 0 Å². The lowest BCUT2D eigenvalue weighted by atomic mass is 9.99. The number of carbonyl (C=O) groups excluding carboxylic acids is 1. The van der Waals surface area contributed by atoms with E-state index in [4.69, 9.17) is 4.98 Å². The number of rotatable bonds is 4. The Bertz CT molecular complexity index is 1290. The largest absolute Gasteiger partial charge is 0.368 e. The van der Waals surface area contributed by atoms with E-state index in [-0.39, 0.29) is 11.8 Å². The second kappa shape index (κ2) is 9.03. The molecule has 34 heavy (non-hydrogen) atoms. The third kappa shape index (κ3) is 4.42. The molecule has 1 aromatic carbocycles. The molecule has 0 aliphatic carbocycles. The van der Waals surface area contributed by atoms with E-state index in [0.717, 1.165) is 37.3 Å². The second-order valence-corrected chi connectivity index (χ2v) is 11.3. The van der Waals surface area contributed by atoms with E-state index in [1.54, 1.807) is 0 Å². The molecule has 3 aromatic rings. The summed E-state index contributed by atoms with van der Waals surface area (Å²) in [5, 5.41) is 0. The van der Waals surface area contributed by atoms with Gasteiger partial charge in [-0.3, -0.25) is 4.79 Å². The first-order chi connectivity index (χ1) is 16.3. The fraction of sp³-hybridized carbons (Fsp3) is 0.440. The van der Waals surface area contributed by atoms with E-state index in [1.807, 2.05) is 33.7 Å². The summed E-state index contributed by atoms with van der Waals surface area (Å²) < 4.78 is 27.7. The topological polar surface area (TPSA) is 78.2 Å². The predicted molar refractivity (Wildman–Crippen MR) is 133 cm³/mol. The van der Waals surface area contributed by atoms with E-state index in [1.165, 1.54) is 21.8 Å². The average molecular weight is 482 g/mol. The summed E-state index contributed by atoms with van der Waals surface area (Å²) in [6.45, 7) is 5.85. The number of hydrogen-bond acceptors (Lipinski definition) is 5. The van der Waals surface area contributed by atoms with Crippen molar-refractivity contribution in [2.45, 2.75) is 25.7 Å². The molecule has 2 fully saturated rings. The number of fused-ring (bicyclic) bond motifs is 1. The first-order valence-corrected chi connectivity index (χ1v) is 13.7. The molecule has 1 unspecified atom stereocenters. The fourth-order valence-corrected chi connectivity index (χ4v) is 5.95. The van der Waals surface area contributed by atoms with Gasteiger partial charge in [-0.25, -0.2) is 17.7 Å². The van der Waals surface area contributed by atoms with Crippen molar-refractivity contribution in [1.29, 1.82) is 0 Å². The van der Waals surface area contributed by atoms with Crippen molar-refractivity contribution in [1.82, 2.24) is 18.6 Å². The smallest absolute Gasteiger partial charge is 0.274 e. The van der Waals surface area contributed by atoms with Crippen molar-refractivity contribution < 1.29 is 13.2 Å². The highest BCUT2D eigenvalue weighted by Crippen LogP contribution is 2.30. The van der Waals surface area contributed by atoms with E-state index in [9.17, 15) is 13.2 Å². The number of imidazole rings is 1. The number of benzene rings is 1. The number of pyridine rings is 1. The van der Waals surface area contributed by atoms with Gasteiger partial charge in [0.05, 0.1) is 11.8 Å². The number of amides is 1. The summed E-state index contributed by atoms with van der Waals surface area (Å²) in [6.07, 6.45) is 4.81. The first kappa shape index (κ1) is 22.9. The highest BCUT2D eigenvalue weighted by atomic mass is 32.2. The minimum atomic E-state index is -3.26. The highest BCUT2D eigenvalue weighted by Gasteiger charge is 2.32. The molecule has 0 bridgehead atoms. The molecule has 1 atom stereocenters. The minimum Gasteiger partial charge on any atom is -0.368 e. The van der Waals surface area contributed by atoms with Crippen LogP contribution in [-0.2, 0) is 10.0 Å². The highest BCUT2D eigenvalue weighted by molar-refractivity contribution is 7.88. The molecule has 2 aliphatic heterocycles. The zero-order chi connectivity index (χ0) is 23.9. The second-order valence-electron chi connectivity index (χ2n) is 9.35. The van der Waals surface area contributed by atoms with Crippen LogP contribution in [-0.4, -0.2) is 78.4 Å². The van der Waals surface area contributed by atoms with Gasteiger partial charge in [0.2, 0.25) is 10.0 Å². The molecule has 2 aromatic heterocycles. The van der Waals surface area contributed by atoms with Gasteiger partial charge in [0.1, 0.15) is 5.82 Å². The van der Waals surface area contributed by atoms with Crippen LogP contribution < -0.4 is 4.90 Å². The van der Waals surface area contributed by atoms with Gasteiger partial charge in [-0.15, -0.1) is 0 Å². The Balaban J connectivity index is 1.37. The zero-order valence-corrected chi connectivity index (χ0v) is 20.5. The number of piperidine rings is 1. The molecule has 180 valence electrons. The standard InChI is InChI=1S/C25H31N5O3S/c1-19-8-10-21(11-9-19)27-14-16-28(17-15-27)25(31)23-22-7-3-4-13-30(22)24(26-23)20-6-5-12-29(18-20)34(2,32)33/h3-4,7-11,13,20H,5-6,12,14-18H2,1-2H3.